The van der Waals surface area contributed by atoms with Gasteiger partial charge in [-0.3, -0.25) is 4.79 Å². The van der Waals surface area contributed by atoms with Gasteiger partial charge in [0.25, 0.3) is 5.91 Å². The van der Waals surface area contributed by atoms with Crippen LogP contribution < -0.4 is 0 Å². The van der Waals surface area contributed by atoms with E-state index < -0.39 is 0 Å². The molecular weight excluding hydrogens is 274 g/mol. The number of hydrogen-bond donors (Lipinski definition) is 0. The average molecular weight is 286 g/mol. The molecule has 3 rings (SSSR count). The molecule has 0 bridgehead atoms. The molecule has 0 radical (unpaired) electrons. The minimum Gasteiger partial charge on any atom is -0.337 e. The molecule has 1 aromatic rings. The lowest BCUT2D eigenvalue weighted by molar-refractivity contribution is 0.0447. The molecule has 2 heterocycles. The van der Waals surface area contributed by atoms with E-state index in [1.807, 2.05) is 17.9 Å². The summed E-state index contributed by atoms with van der Waals surface area (Å²) in [5, 5.41) is 0. The Balaban J connectivity index is 1.77. The summed E-state index contributed by atoms with van der Waals surface area (Å²) in [5.74, 6) is 0.206. The monoisotopic (exact) mass is 285 g/mol. The van der Waals surface area contributed by atoms with Crippen molar-refractivity contribution in [3.05, 3.63) is 20.3 Å². The zero-order valence-corrected chi connectivity index (χ0v) is 10.9. The first-order valence-corrected chi connectivity index (χ1v) is 6.76. The Labute approximate surface area is 101 Å². The standard InChI is InChI=1S/C11H12BrNOS/c1-7-4-8(12)9(15-7)10(14)13-5-11(6-13)2-3-11/h4H,2-3,5-6H2,1H3. The normalized spacial score (nSPS) is 21.6. The highest BCUT2D eigenvalue weighted by Crippen LogP contribution is 2.53. The highest BCUT2D eigenvalue weighted by Gasteiger charge is 2.54. The van der Waals surface area contributed by atoms with Gasteiger partial charge in [-0.05, 0) is 41.8 Å². The van der Waals surface area contributed by atoms with Gasteiger partial charge in [0.15, 0.2) is 0 Å². The Morgan fingerprint density at radius 2 is 2.20 bits per heavy atom. The Morgan fingerprint density at radius 3 is 2.67 bits per heavy atom. The van der Waals surface area contributed by atoms with Crippen molar-refractivity contribution in [2.75, 3.05) is 13.1 Å². The second-order valence-electron chi connectivity index (χ2n) is 4.70. The summed E-state index contributed by atoms with van der Waals surface area (Å²) in [6.45, 7) is 4.00. The van der Waals surface area contributed by atoms with Crippen LogP contribution in [0.2, 0.25) is 0 Å². The number of nitrogens with zero attached hydrogens (tertiary/aromatic N) is 1. The number of hydrogen-bond acceptors (Lipinski definition) is 2. The van der Waals surface area contributed by atoms with Crippen LogP contribution in [0.1, 0.15) is 27.4 Å². The van der Waals surface area contributed by atoms with Crippen molar-refractivity contribution in [1.82, 2.24) is 4.90 Å². The second-order valence-corrected chi connectivity index (χ2v) is 6.81. The van der Waals surface area contributed by atoms with E-state index in [1.165, 1.54) is 17.7 Å². The molecule has 1 aliphatic carbocycles. The van der Waals surface area contributed by atoms with E-state index >= 15 is 0 Å². The topological polar surface area (TPSA) is 20.3 Å². The molecule has 2 fully saturated rings. The Morgan fingerprint density at radius 1 is 1.53 bits per heavy atom. The van der Waals surface area contributed by atoms with Crippen molar-refractivity contribution in [2.24, 2.45) is 5.41 Å². The third kappa shape index (κ3) is 1.54. The first-order chi connectivity index (χ1) is 7.10. The maximum Gasteiger partial charge on any atom is 0.265 e. The first kappa shape index (κ1) is 9.85. The number of amides is 1. The average Bonchev–Trinajstić information content (AvgIpc) is 2.84. The first-order valence-electron chi connectivity index (χ1n) is 5.15. The van der Waals surface area contributed by atoms with Crippen LogP contribution in [0.15, 0.2) is 10.5 Å². The minimum atomic E-state index is 0.206. The van der Waals surface area contributed by atoms with E-state index in [2.05, 4.69) is 15.9 Å². The highest BCUT2D eigenvalue weighted by molar-refractivity contribution is 9.10. The lowest BCUT2D eigenvalue weighted by Crippen LogP contribution is -2.51. The van der Waals surface area contributed by atoms with Crippen LogP contribution in [0.4, 0.5) is 0 Å². The van der Waals surface area contributed by atoms with Gasteiger partial charge >= 0.3 is 0 Å². The Bertz CT molecular complexity index is 428. The fourth-order valence-electron chi connectivity index (χ4n) is 2.17. The van der Waals surface area contributed by atoms with Gasteiger partial charge in [-0.15, -0.1) is 11.3 Å². The molecule has 4 heteroatoms. The van der Waals surface area contributed by atoms with Gasteiger partial charge < -0.3 is 4.90 Å². The third-order valence-electron chi connectivity index (χ3n) is 3.30. The number of carbonyl (C=O) groups excluding carboxylic acids is 1. The number of aryl methyl sites for hydroxylation is 1. The summed E-state index contributed by atoms with van der Waals surface area (Å²) in [6.07, 6.45) is 2.64. The zero-order valence-electron chi connectivity index (χ0n) is 8.55. The predicted octanol–water partition coefficient (Wildman–Crippen LogP) is 3.06. The van der Waals surface area contributed by atoms with Crippen molar-refractivity contribution in [3.63, 3.8) is 0 Å². The van der Waals surface area contributed by atoms with Crippen molar-refractivity contribution in [3.8, 4) is 0 Å². The maximum absolute atomic E-state index is 12.1. The Kier molecular flexibility index (Phi) is 2.02. The largest absolute Gasteiger partial charge is 0.337 e. The van der Waals surface area contributed by atoms with E-state index in [9.17, 15) is 4.79 Å². The molecule has 15 heavy (non-hydrogen) atoms. The smallest absolute Gasteiger partial charge is 0.265 e. The summed E-state index contributed by atoms with van der Waals surface area (Å²) < 4.78 is 0.951. The molecule has 1 saturated carbocycles. The van der Waals surface area contributed by atoms with Gasteiger partial charge in [0.05, 0.1) is 0 Å². The number of likely N-dealkylation sites (tertiary alicyclic amines) is 1. The van der Waals surface area contributed by atoms with Gasteiger partial charge in [-0.25, -0.2) is 0 Å². The molecule has 1 aliphatic heterocycles. The molecule has 2 nitrogen and oxygen atoms in total. The van der Waals surface area contributed by atoms with Gasteiger partial charge in [-0.2, -0.15) is 0 Å². The molecule has 0 N–H and O–H groups in total. The molecule has 1 aromatic heterocycles. The minimum absolute atomic E-state index is 0.206. The second kappa shape index (κ2) is 3.08. The summed E-state index contributed by atoms with van der Waals surface area (Å²) >= 11 is 5.03. The molecule has 0 unspecified atom stereocenters. The molecule has 1 saturated heterocycles. The van der Waals surface area contributed by atoms with Crippen LogP contribution >= 0.6 is 27.3 Å². The van der Waals surface area contributed by atoms with Crippen LogP contribution in [0.5, 0.6) is 0 Å². The van der Waals surface area contributed by atoms with Gasteiger partial charge in [0.1, 0.15) is 4.88 Å². The molecule has 0 atom stereocenters. The number of thiophene rings is 1. The maximum atomic E-state index is 12.1. The lowest BCUT2D eigenvalue weighted by atomic mass is 9.97. The molecule has 1 spiro atoms. The van der Waals surface area contributed by atoms with Crippen LogP contribution in [0.3, 0.4) is 0 Å². The Hall–Kier alpha value is -0.350. The third-order valence-corrected chi connectivity index (χ3v) is 5.23. The fraction of sp³-hybridized carbons (Fsp3) is 0.545. The molecular formula is C11H12BrNOS. The number of rotatable bonds is 1. The van der Waals surface area contributed by atoms with Crippen LogP contribution in [-0.4, -0.2) is 23.9 Å². The van der Waals surface area contributed by atoms with E-state index in [-0.39, 0.29) is 5.91 Å². The van der Waals surface area contributed by atoms with Gasteiger partial charge in [0, 0.05) is 27.9 Å². The number of halogens is 1. The van der Waals surface area contributed by atoms with Gasteiger partial charge in [-0.1, -0.05) is 0 Å². The van der Waals surface area contributed by atoms with E-state index in [0.717, 1.165) is 22.4 Å². The van der Waals surface area contributed by atoms with E-state index in [4.69, 9.17) is 0 Å². The van der Waals surface area contributed by atoms with Crippen LogP contribution in [0.25, 0.3) is 0 Å². The van der Waals surface area contributed by atoms with Crippen molar-refractivity contribution < 1.29 is 4.79 Å². The summed E-state index contributed by atoms with van der Waals surface area (Å²) in [5.41, 5.74) is 0.550. The summed E-state index contributed by atoms with van der Waals surface area (Å²) in [4.78, 5) is 16.1. The fourth-order valence-corrected chi connectivity index (χ4v) is 3.95. The SMILES string of the molecule is Cc1cc(Br)c(C(=O)N2CC3(CC3)C2)s1. The predicted molar refractivity (Wildman–Crippen MR) is 64.3 cm³/mol. The molecule has 80 valence electrons. The number of carbonyl (C=O) groups is 1. The van der Waals surface area contributed by atoms with E-state index in [1.54, 1.807) is 11.3 Å². The molecule has 1 amide bonds. The molecule has 2 aliphatic rings. The van der Waals surface area contributed by atoms with Crippen molar-refractivity contribution >= 4 is 33.2 Å². The van der Waals surface area contributed by atoms with Crippen molar-refractivity contribution in [1.29, 1.82) is 0 Å². The quantitative estimate of drug-likeness (QED) is 0.777. The highest BCUT2D eigenvalue weighted by atomic mass is 79.9. The van der Waals surface area contributed by atoms with Crippen LogP contribution in [-0.2, 0) is 0 Å². The van der Waals surface area contributed by atoms with Gasteiger partial charge in [0.2, 0.25) is 0 Å². The zero-order chi connectivity index (χ0) is 10.6. The summed E-state index contributed by atoms with van der Waals surface area (Å²) in [6, 6.07) is 2.02. The van der Waals surface area contributed by atoms with Crippen LogP contribution in [0, 0.1) is 12.3 Å². The summed E-state index contributed by atoms with van der Waals surface area (Å²) in [7, 11) is 0. The van der Waals surface area contributed by atoms with E-state index in [0.29, 0.717) is 5.41 Å². The van der Waals surface area contributed by atoms with Crippen molar-refractivity contribution in [2.45, 2.75) is 19.8 Å². The lowest BCUT2D eigenvalue weighted by Gasteiger charge is -2.39. The molecule has 0 aromatic carbocycles.